The van der Waals surface area contributed by atoms with Crippen molar-refractivity contribution in [2.24, 2.45) is 5.92 Å². The molecule has 0 spiro atoms. The van der Waals surface area contributed by atoms with Gasteiger partial charge in [-0.15, -0.1) is 0 Å². The summed E-state index contributed by atoms with van der Waals surface area (Å²) in [4.78, 5) is 26.4. The van der Waals surface area contributed by atoms with Gasteiger partial charge in [0.2, 0.25) is 11.8 Å². The molecule has 1 aliphatic heterocycles. The number of hydrogen-bond donors (Lipinski definition) is 1. The van der Waals surface area contributed by atoms with E-state index < -0.39 is 0 Å². The van der Waals surface area contributed by atoms with E-state index in [1.54, 1.807) is 12.0 Å². The molecule has 1 aliphatic rings. The number of benzene rings is 2. The fourth-order valence-electron chi connectivity index (χ4n) is 2.95. The lowest BCUT2D eigenvalue weighted by Crippen LogP contribution is -2.32. The molecule has 2 aromatic rings. The first kappa shape index (κ1) is 17.0. The molecule has 5 nitrogen and oxygen atoms in total. The Bertz CT molecular complexity index is 771. The van der Waals surface area contributed by atoms with E-state index in [9.17, 15) is 9.59 Å². The number of aryl methyl sites for hydroxylation is 1. The van der Waals surface area contributed by atoms with Crippen LogP contribution in [0.1, 0.15) is 17.5 Å². The minimum Gasteiger partial charge on any atom is -0.497 e. The Labute approximate surface area is 147 Å². The second-order valence-electron chi connectivity index (χ2n) is 6.31. The Balaban J connectivity index is 1.61. The fraction of sp³-hybridized carbons (Fsp3) is 0.300. The maximum atomic E-state index is 12.4. The van der Waals surface area contributed by atoms with E-state index in [1.807, 2.05) is 55.5 Å². The first-order valence-corrected chi connectivity index (χ1v) is 8.34. The van der Waals surface area contributed by atoms with E-state index in [4.69, 9.17) is 4.74 Å². The topological polar surface area (TPSA) is 58.6 Å². The highest BCUT2D eigenvalue weighted by atomic mass is 16.5. The van der Waals surface area contributed by atoms with Crippen LogP contribution in [0.4, 0.5) is 5.69 Å². The Kier molecular flexibility index (Phi) is 5.03. The van der Waals surface area contributed by atoms with Crippen LogP contribution >= 0.6 is 0 Å². The van der Waals surface area contributed by atoms with Crippen LogP contribution in [0.25, 0.3) is 0 Å². The summed E-state index contributed by atoms with van der Waals surface area (Å²) < 4.78 is 5.20. The molecule has 1 atom stereocenters. The van der Waals surface area contributed by atoms with E-state index in [0.29, 0.717) is 18.8 Å². The number of rotatable bonds is 5. The van der Waals surface area contributed by atoms with E-state index >= 15 is 0 Å². The van der Waals surface area contributed by atoms with Gasteiger partial charge in [-0.3, -0.25) is 9.59 Å². The van der Waals surface area contributed by atoms with Gasteiger partial charge in [0, 0.05) is 31.3 Å². The third-order valence-electron chi connectivity index (χ3n) is 4.45. The summed E-state index contributed by atoms with van der Waals surface area (Å²) in [6, 6.07) is 15.4. The lowest BCUT2D eigenvalue weighted by Gasteiger charge is -2.17. The normalized spacial score (nSPS) is 16.8. The Morgan fingerprint density at radius 1 is 1.24 bits per heavy atom. The number of nitrogens with one attached hydrogen (secondary N) is 1. The van der Waals surface area contributed by atoms with Gasteiger partial charge in [0.15, 0.2) is 0 Å². The zero-order valence-corrected chi connectivity index (χ0v) is 14.5. The van der Waals surface area contributed by atoms with Crippen molar-refractivity contribution in [1.82, 2.24) is 5.32 Å². The molecule has 3 rings (SSSR count). The lowest BCUT2D eigenvalue weighted by molar-refractivity contribution is -0.126. The van der Waals surface area contributed by atoms with Crippen LogP contribution < -0.4 is 15.0 Å². The standard InChI is InChI=1S/C20H22N2O3/c1-14-6-8-15(9-7-14)12-21-20(24)16-10-19(23)22(13-16)17-4-3-5-18(11-17)25-2/h3-9,11,16H,10,12-13H2,1-2H3,(H,21,24)/t16-/m0/s1. The monoisotopic (exact) mass is 338 g/mol. The molecule has 1 fully saturated rings. The summed E-state index contributed by atoms with van der Waals surface area (Å²) in [6.45, 7) is 2.90. The molecule has 0 aromatic heterocycles. The Hall–Kier alpha value is -2.82. The molecular formula is C20H22N2O3. The van der Waals surface area contributed by atoms with E-state index in [-0.39, 0.29) is 24.2 Å². The molecule has 0 aliphatic carbocycles. The predicted molar refractivity (Wildman–Crippen MR) is 96.5 cm³/mol. The average Bonchev–Trinajstić information content (AvgIpc) is 3.03. The molecule has 25 heavy (non-hydrogen) atoms. The molecular weight excluding hydrogens is 316 g/mol. The minimum atomic E-state index is -0.329. The second kappa shape index (κ2) is 7.38. The molecule has 1 heterocycles. The number of carbonyl (C=O) groups excluding carboxylic acids is 2. The maximum absolute atomic E-state index is 12.4. The third-order valence-corrected chi connectivity index (χ3v) is 4.45. The number of nitrogens with zero attached hydrogens (tertiary/aromatic N) is 1. The quantitative estimate of drug-likeness (QED) is 0.912. The average molecular weight is 338 g/mol. The van der Waals surface area contributed by atoms with Crippen LogP contribution in [0.3, 0.4) is 0 Å². The van der Waals surface area contributed by atoms with Gasteiger partial charge < -0.3 is 15.0 Å². The predicted octanol–water partition coefficient (Wildman–Crippen LogP) is 2.67. The van der Waals surface area contributed by atoms with E-state index in [1.165, 1.54) is 5.56 Å². The maximum Gasteiger partial charge on any atom is 0.227 e. The minimum absolute atomic E-state index is 0.0382. The van der Waals surface area contributed by atoms with Crippen LogP contribution in [0.2, 0.25) is 0 Å². The number of anilines is 1. The van der Waals surface area contributed by atoms with Crippen LogP contribution in [-0.2, 0) is 16.1 Å². The first-order valence-electron chi connectivity index (χ1n) is 8.34. The first-order chi connectivity index (χ1) is 12.1. The van der Waals surface area contributed by atoms with E-state index in [0.717, 1.165) is 11.3 Å². The van der Waals surface area contributed by atoms with Gasteiger partial charge in [-0.05, 0) is 24.6 Å². The van der Waals surface area contributed by atoms with Crippen molar-refractivity contribution in [2.45, 2.75) is 19.9 Å². The molecule has 1 N–H and O–H groups in total. The number of carbonyl (C=O) groups is 2. The fourth-order valence-corrected chi connectivity index (χ4v) is 2.95. The van der Waals surface area contributed by atoms with Crippen molar-refractivity contribution in [2.75, 3.05) is 18.6 Å². The molecule has 0 radical (unpaired) electrons. The second-order valence-corrected chi connectivity index (χ2v) is 6.31. The van der Waals surface area contributed by atoms with Crippen LogP contribution in [-0.4, -0.2) is 25.5 Å². The van der Waals surface area contributed by atoms with Gasteiger partial charge in [-0.25, -0.2) is 0 Å². The summed E-state index contributed by atoms with van der Waals surface area (Å²) in [5.41, 5.74) is 3.00. The van der Waals surface area contributed by atoms with E-state index in [2.05, 4.69) is 5.32 Å². The molecule has 1 saturated heterocycles. The van der Waals surface area contributed by atoms with Gasteiger partial charge in [-0.1, -0.05) is 35.9 Å². The highest BCUT2D eigenvalue weighted by molar-refractivity contribution is 6.00. The molecule has 0 bridgehead atoms. The van der Waals surface area contributed by atoms with Crippen molar-refractivity contribution in [3.63, 3.8) is 0 Å². The van der Waals surface area contributed by atoms with Crippen molar-refractivity contribution >= 4 is 17.5 Å². The number of amides is 2. The summed E-state index contributed by atoms with van der Waals surface area (Å²) in [5, 5.41) is 2.93. The van der Waals surface area contributed by atoms with Gasteiger partial charge in [0.1, 0.15) is 5.75 Å². The molecule has 130 valence electrons. The van der Waals surface area contributed by atoms with Crippen molar-refractivity contribution in [3.8, 4) is 5.75 Å². The molecule has 0 unspecified atom stereocenters. The SMILES string of the molecule is COc1cccc(N2C[C@@H](C(=O)NCc3ccc(C)cc3)CC2=O)c1. The largest absolute Gasteiger partial charge is 0.497 e. The number of hydrogen-bond acceptors (Lipinski definition) is 3. The van der Waals surface area contributed by atoms with Gasteiger partial charge in [0.25, 0.3) is 0 Å². The van der Waals surface area contributed by atoms with Gasteiger partial charge >= 0.3 is 0 Å². The van der Waals surface area contributed by atoms with Gasteiger partial charge in [0.05, 0.1) is 13.0 Å². The number of ether oxygens (including phenoxy) is 1. The zero-order valence-electron chi connectivity index (χ0n) is 14.5. The Morgan fingerprint density at radius 3 is 2.72 bits per heavy atom. The smallest absolute Gasteiger partial charge is 0.227 e. The number of methoxy groups -OCH3 is 1. The Morgan fingerprint density at radius 2 is 2.00 bits per heavy atom. The summed E-state index contributed by atoms with van der Waals surface area (Å²) in [6.07, 6.45) is 0.233. The summed E-state index contributed by atoms with van der Waals surface area (Å²) in [5.74, 6) is 0.241. The summed E-state index contributed by atoms with van der Waals surface area (Å²) >= 11 is 0. The third kappa shape index (κ3) is 3.99. The molecule has 2 aromatic carbocycles. The van der Waals surface area contributed by atoms with Crippen LogP contribution in [0.5, 0.6) is 5.75 Å². The van der Waals surface area contributed by atoms with Crippen LogP contribution in [0, 0.1) is 12.8 Å². The molecule has 0 saturated carbocycles. The molecule has 5 heteroatoms. The summed E-state index contributed by atoms with van der Waals surface area (Å²) in [7, 11) is 1.59. The van der Waals surface area contributed by atoms with Crippen molar-refractivity contribution in [1.29, 1.82) is 0 Å². The highest BCUT2D eigenvalue weighted by Crippen LogP contribution is 2.28. The van der Waals surface area contributed by atoms with Crippen LogP contribution in [0.15, 0.2) is 48.5 Å². The lowest BCUT2D eigenvalue weighted by atomic mass is 10.1. The zero-order chi connectivity index (χ0) is 17.8. The highest BCUT2D eigenvalue weighted by Gasteiger charge is 2.35. The van der Waals surface area contributed by atoms with Gasteiger partial charge in [-0.2, -0.15) is 0 Å². The van der Waals surface area contributed by atoms with Crippen molar-refractivity contribution in [3.05, 3.63) is 59.7 Å². The van der Waals surface area contributed by atoms with Crippen molar-refractivity contribution < 1.29 is 14.3 Å². The molecule has 2 amide bonds.